The maximum absolute atomic E-state index is 4.34. The summed E-state index contributed by atoms with van der Waals surface area (Å²) < 4.78 is 4.18. The molecule has 0 saturated heterocycles. The molecule has 0 radical (unpaired) electrons. The second kappa shape index (κ2) is 5.16. The van der Waals surface area contributed by atoms with Gasteiger partial charge in [-0.2, -0.15) is 16.1 Å². The minimum absolute atomic E-state index is 0.612. The minimum atomic E-state index is 0.612. The zero-order chi connectivity index (χ0) is 10.7. The van der Waals surface area contributed by atoms with Crippen molar-refractivity contribution in [1.29, 1.82) is 0 Å². The van der Waals surface area contributed by atoms with E-state index in [1.54, 1.807) is 0 Å². The van der Waals surface area contributed by atoms with E-state index in [1.165, 1.54) is 37.2 Å². The van der Waals surface area contributed by atoms with Gasteiger partial charge in [-0.3, -0.25) is 0 Å². The van der Waals surface area contributed by atoms with Crippen LogP contribution in [-0.4, -0.2) is 26.9 Å². The van der Waals surface area contributed by atoms with Crippen LogP contribution in [0.2, 0.25) is 0 Å². The summed E-state index contributed by atoms with van der Waals surface area (Å²) in [5.74, 6) is 0.875. The smallest absolute Gasteiger partial charge is 0.202 e. The van der Waals surface area contributed by atoms with E-state index >= 15 is 0 Å². The highest BCUT2D eigenvalue weighted by Crippen LogP contribution is 2.28. The molecule has 15 heavy (non-hydrogen) atoms. The molecular weight excluding hydrogens is 226 g/mol. The van der Waals surface area contributed by atoms with Crippen molar-refractivity contribution in [3.05, 3.63) is 5.82 Å². The van der Waals surface area contributed by atoms with Gasteiger partial charge in [0, 0.05) is 22.8 Å². The Labute approximate surface area is 99.2 Å². The molecule has 1 aliphatic carbocycles. The molecule has 0 spiro atoms. The molecule has 0 unspecified atom stereocenters. The van der Waals surface area contributed by atoms with Crippen LogP contribution in [0, 0.1) is 6.92 Å². The number of aryl methyl sites for hydroxylation is 1. The number of nitrogens with one attached hydrogen (secondary N) is 1. The van der Waals surface area contributed by atoms with Gasteiger partial charge in [0.2, 0.25) is 5.13 Å². The molecule has 0 amide bonds. The van der Waals surface area contributed by atoms with Crippen molar-refractivity contribution in [2.75, 3.05) is 11.6 Å². The lowest BCUT2D eigenvalue weighted by molar-refractivity contribution is 0.473. The largest absolute Gasteiger partial charge is 0.358 e. The lowest BCUT2D eigenvalue weighted by atomic mass is 9.95. The van der Waals surface area contributed by atoms with Crippen molar-refractivity contribution in [3.63, 3.8) is 0 Å². The number of hydrogen-bond acceptors (Lipinski definition) is 5. The van der Waals surface area contributed by atoms with E-state index in [0.29, 0.717) is 6.04 Å². The molecule has 1 fully saturated rings. The molecule has 5 heteroatoms. The molecule has 1 aromatic rings. The van der Waals surface area contributed by atoms with Crippen LogP contribution in [-0.2, 0) is 0 Å². The van der Waals surface area contributed by atoms with Crippen LogP contribution in [0.1, 0.15) is 31.5 Å². The second-order valence-corrected chi connectivity index (χ2v) is 5.89. The van der Waals surface area contributed by atoms with Crippen LogP contribution in [0.3, 0.4) is 0 Å². The van der Waals surface area contributed by atoms with Crippen molar-refractivity contribution in [2.45, 2.75) is 43.9 Å². The number of anilines is 1. The summed E-state index contributed by atoms with van der Waals surface area (Å²) in [4.78, 5) is 4.34. The molecule has 1 N–H and O–H groups in total. The number of hydrogen-bond donors (Lipinski definition) is 1. The minimum Gasteiger partial charge on any atom is -0.358 e. The molecule has 84 valence electrons. The van der Waals surface area contributed by atoms with Crippen LogP contribution in [0.5, 0.6) is 0 Å². The first-order valence-electron chi connectivity index (χ1n) is 5.37. The summed E-state index contributed by atoms with van der Waals surface area (Å²) in [7, 11) is 0. The molecule has 3 nitrogen and oxygen atoms in total. The van der Waals surface area contributed by atoms with Gasteiger partial charge < -0.3 is 5.32 Å². The molecule has 1 aliphatic rings. The van der Waals surface area contributed by atoms with Gasteiger partial charge in [-0.15, -0.1) is 0 Å². The number of aromatic nitrogens is 2. The Morgan fingerprint density at radius 1 is 1.33 bits per heavy atom. The summed E-state index contributed by atoms with van der Waals surface area (Å²) in [6.07, 6.45) is 7.41. The van der Waals surface area contributed by atoms with Gasteiger partial charge in [0.15, 0.2) is 0 Å². The Morgan fingerprint density at radius 3 is 2.60 bits per heavy atom. The van der Waals surface area contributed by atoms with Gasteiger partial charge >= 0.3 is 0 Å². The van der Waals surface area contributed by atoms with E-state index in [0.717, 1.165) is 16.2 Å². The molecule has 0 aliphatic heterocycles. The zero-order valence-electron chi connectivity index (χ0n) is 9.19. The molecule has 0 atom stereocenters. The maximum Gasteiger partial charge on any atom is 0.202 e. The van der Waals surface area contributed by atoms with E-state index in [4.69, 9.17) is 0 Å². The summed E-state index contributed by atoms with van der Waals surface area (Å²) in [5, 5.41) is 5.34. The summed E-state index contributed by atoms with van der Waals surface area (Å²) in [5.41, 5.74) is 0. The Hall–Kier alpha value is -0.290. The van der Waals surface area contributed by atoms with Crippen molar-refractivity contribution in [1.82, 2.24) is 9.36 Å². The molecule has 0 bridgehead atoms. The third kappa shape index (κ3) is 3.08. The Balaban J connectivity index is 1.82. The van der Waals surface area contributed by atoms with E-state index < -0.39 is 0 Å². The molecular formula is C10H17N3S2. The zero-order valence-corrected chi connectivity index (χ0v) is 10.8. The van der Waals surface area contributed by atoms with Crippen molar-refractivity contribution < 1.29 is 0 Å². The van der Waals surface area contributed by atoms with Crippen molar-refractivity contribution >= 4 is 28.4 Å². The van der Waals surface area contributed by atoms with E-state index in [-0.39, 0.29) is 0 Å². The van der Waals surface area contributed by atoms with Crippen LogP contribution in [0.25, 0.3) is 0 Å². The first kappa shape index (κ1) is 11.2. The van der Waals surface area contributed by atoms with Crippen LogP contribution < -0.4 is 5.32 Å². The lowest BCUT2D eigenvalue weighted by Gasteiger charge is -2.27. The van der Waals surface area contributed by atoms with Gasteiger partial charge in [-0.1, -0.05) is 0 Å². The Kier molecular flexibility index (Phi) is 3.86. The highest BCUT2D eigenvalue weighted by molar-refractivity contribution is 7.99. The number of rotatable bonds is 3. The average Bonchev–Trinajstić information content (AvgIpc) is 2.65. The number of nitrogens with zero attached hydrogens (tertiary/aromatic N) is 2. The van der Waals surface area contributed by atoms with Crippen LogP contribution in [0.15, 0.2) is 0 Å². The average molecular weight is 243 g/mol. The van der Waals surface area contributed by atoms with E-state index in [9.17, 15) is 0 Å². The Bertz CT molecular complexity index is 305. The van der Waals surface area contributed by atoms with Crippen LogP contribution in [0.4, 0.5) is 5.13 Å². The lowest BCUT2D eigenvalue weighted by Crippen LogP contribution is -2.26. The molecule has 1 heterocycles. The SMILES string of the molecule is CSC1CCC(Nc2nc(C)ns2)CC1. The normalized spacial score (nSPS) is 26.5. The summed E-state index contributed by atoms with van der Waals surface area (Å²) in [6.45, 7) is 1.94. The van der Waals surface area contributed by atoms with Gasteiger partial charge in [-0.05, 0) is 38.9 Å². The predicted octanol–water partition coefficient (Wildman–Crippen LogP) is 2.93. The topological polar surface area (TPSA) is 37.8 Å². The summed E-state index contributed by atoms with van der Waals surface area (Å²) >= 11 is 3.48. The first-order valence-corrected chi connectivity index (χ1v) is 7.43. The molecule has 1 aromatic heterocycles. The quantitative estimate of drug-likeness (QED) is 0.886. The second-order valence-electron chi connectivity index (χ2n) is 4.00. The highest BCUT2D eigenvalue weighted by Gasteiger charge is 2.20. The summed E-state index contributed by atoms with van der Waals surface area (Å²) in [6, 6.07) is 0.612. The highest BCUT2D eigenvalue weighted by atomic mass is 32.2. The maximum atomic E-state index is 4.34. The fourth-order valence-electron chi connectivity index (χ4n) is 1.97. The molecule has 2 rings (SSSR count). The van der Waals surface area contributed by atoms with Gasteiger partial charge in [0.1, 0.15) is 5.82 Å². The molecule has 1 saturated carbocycles. The predicted molar refractivity (Wildman–Crippen MR) is 67.8 cm³/mol. The van der Waals surface area contributed by atoms with Gasteiger partial charge in [-0.25, -0.2) is 4.98 Å². The third-order valence-corrected chi connectivity index (χ3v) is 4.74. The standard InChI is InChI=1S/C10H17N3S2/c1-7-11-10(15-13-7)12-8-3-5-9(14-2)6-4-8/h8-9H,3-6H2,1-2H3,(H,11,12,13). The van der Waals surface area contributed by atoms with Crippen molar-refractivity contribution in [2.24, 2.45) is 0 Å². The van der Waals surface area contributed by atoms with E-state index in [1.807, 2.05) is 18.7 Å². The van der Waals surface area contributed by atoms with E-state index in [2.05, 4.69) is 20.9 Å². The fraction of sp³-hybridized carbons (Fsp3) is 0.800. The molecule has 0 aromatic carbocycles. The fourth-order valence-corrected chi connectivity index (χ4v) is 3.37. The third-order valence-electron chi connectivity index (χ3n) is 2.86. The number of thioether (sulfide) groups is 1. The van der Waals surface area contributed by atoms with Gasteiger partial charge in [0.05, 0.1) is 0 Å². The Morgan fingerprint density at radius 2 is 2.07 bits per heavy atom. The van der Waals surface area contributed by atoms with Crippen LogP contribution >= 0.6 is 23.3 Å². The monoisotopic (exact) mass is 243 g/mol. The van der Waals surface area contributed by atoms with Crippen molar-refractivity contribution in [3.8, 4) is 0 Å². The first-order chi connectivity index (χ1) is 7.28. The van der Waals surface area contributed by atoms with Gasteiger partial charge in [0.25, 0.3) is 0 Å².